The van der Waals surface area contributed by atoms with Crippen LogP contribution >= 0.6 is 11.8 Å². The van der Waals surface area contributed by atoms with E-state index in [4.69, 9.17) is 5.73 Å². The van der Waals surface area contributed by atoms with Crippen LogP contribution in [0, 0.1) is 11.6 Å². The quantitative estimate of drug-likeness (QED) is 0.651. The molecule has 0 amide bonds. The maximum absolute atomic E-state index is 13.5. The van der Waals surface area contributed by atoms with Gasteiger partial charge in [-0.2, -0.15) is 0 Å². The van der Waals surface area contributed by atoms with E-state index < -0.39 is 17.6 Å². The van der Waals surface area contributed by atoms with Crippen molar-refractivity contribution in [2.75, 3.05) is 12.9 Å². The molecule has 6 heteroatoms. The summed E-state index contributed by atoms with van der Waals surface area (Å²) < 4.78 is 31.4. The minimum absolute atomic E-state index is 0.0843. The summed E-state index contributed by atoms with van der Waals surface area (Å²) in [5.74, 6) is -1.44. The van der Waals surface area contributed by atoms with Gasteiger partial charge in [-0.05, 0) is 17.7 Å². The van der Waals surface area contributed by atoms with Crippen molar-refractivity contribution in [3.8, 4) is 0 Å². The molecule has 1 aromatic rings. The van der Waals surface area contributed by atoms with Crippen LogP contribution in [0.2, 0.25) is 0 Å². The molecule has 17 heavy (non-hydrogen) atoms. The molecule has 94 valence electrons. The van der Waals surface area contributed by atoms with E-state index in [0.717, 1.165) is 11.8 Å². The van der Waals surface area contributed by atoms with E-state index in [1.165, 1.54) is 19.2 Å². The average molecular weight is 261 g/mol. The molecule has 3 nitrogen and oxygen atoms in total. The Labute approximate surface area is 102 Å². The van der Waals surface area contributed by atoms with E-state index in [0.29, 0.717) is 5.56 Å². The van der Waals surface area contributed by atoms with Crippen LogP contribution in [-0.2, 0) is 16.1 Å². The van der Waals surface area contributed by atoms with Gasteiger partial charge in [-0.25, -0.2) is 8.78 Å². The highest BCUT2D eigenvalue weighted by atomic mass is 32.2. The SMILES string of the molecule is COC(=O)CCSc1c(F)cc(CN)cc1F. The fourth-order valence-corrected chi connectivity index (χ4v) is 2.07. The molecule has 0 bridgehead atoms. The molecule has 0 unspecified atom stereocenters. The van der Waals surface area contributed by atoms with E-state index in [1.54, 1.807) is 0 Å². The summed E-state index contributed by atoms with van der Waals surface area (Å²) in [6.45, 7) is 0.0843. The van der Waals surface area contributed by atoms with Crippen LogP contribution in [0.15, 0.2) is 17.0 Å². The van der Waals surface area contributed by atoms with Crippen molar-refractivity contribution in [3.63, 3.8) is 0 Å². The first-order valence-corrected chi connectivity index (χ1v) is 5.94. The van der Waals surface area contributed by atoms with E-state index in [1.807, 2.05) is 0 Å². The summed E-state index contributed by atoms with van der Waals surface area (Å²) in [7, 11) is 1.27. The van der Waals surface area contributed by atoms with Gasteiger partial charge in [0.15, 0.2) is 0 Å². The lowest BCUT2D eigenvalue weighted by atomic mass is 10.2. The molecule has 1 aromatic carbocycles. The molecule has 0 atom stereocenters. The Balaban J connectivity index is 2.68. The van der Waals surface area contributed by atoms with Crippen molar-refractivity contribution in [3.05, 3.63) is 29.3 Å². The normalized spacial score (nSPS) is 10.4. The number of esters is 1. The van der Waals surface area contributed by atoms with Gasteiger partial charge in [-0.1, -0.05) is 0 Å². The number of ether oxygens (including phenoxy) is 1. The number of nitrogens with two attached hydrogens (primary N) is 1. The third-order valence-corrected chi connectivity index (χ3v) is 3.16. The number of carbonyl (C=O) groups is 1. The monoisotopic (exact) mass is 261 g/mol. The predicted molar refractivity (Wildman–Crippen MR) is 61.6 cm³/mol. The molecular formula is C11H13F2NO2S. The molecule has 0 spiro atoms. The molecule has 0 aliphatic heterocycles. The van der Waals surface area contributed by atoms with E-state index in [9.17, 15) is 13.6 Å². The first kappa shape index (κ1) is 13.9. The summed E-state index contributed by atoms with van der Waals surface area (Å²) in [4.78, 5) is 10.7. The summed E-state index contributed by atoms with van der Waals surface area (Å²) >= 11 is 0.945. The third kappa shape index (κ3) is 3.98. The second-order valence-electron chi connectivity index (χ2n) is 3.27. The Kier molecular flexibility index (Phi) is 5.37. The fourth-order valence-electron chi connectivity index (χ4n) is 1.21. The number of halogens is 2. The standard InChI is InChI=1S/C11H13F2NO2S/c1-16-10(15)2-3-17-11-8(12)4-7(6-14)5-9(11)13/h4-5H,2-3,6,14H2,1H3. The summed E-state index contributed by atoms with van der Waals surface area (Å²) in [6, 6.07) is 2.40. The Morgan fingerprint density at radius 2 is 2.00 bits per heavy atom. The summed E-state index contributed by atoms with van der Waals surface area (Å²) in [5.41, 5.74) is 5.69. The first-order valence-electron chi connectivity index (χ1n) is 4.96. The smallest absolute Gasteiger partial charge is 0.306 e. The van der Waals surface area contributed by atoms with Crippen molar-refractivity contribution in [2.45, 2.75) is 17.9 Å². The fraction of sp³-hybridized carbons (Fsp3) is 0.364. The molecule has 0 heterocycles. The van der Waals surface area contributed by atoms with Crippen molar-refractivity contribution in [1.82, 2.24) is 0 Å². The maximum atomic E-state index is 13.5. The second kappa shape index (κ2) is 6.56. The highest BCUT2D eigenvalue weighted by Gasteiger charge is 2.12. The highest BCUT2D eigenvalue weighted by molar-refractivity contribution is 7.99. The van der Waals surface area contributed by atoms with Gasteiger partial charge in [0.25, 0.3) is 0 Å². The molecule has 0 aromatic heterocycles. The van der Waals surface area contributed by atoms with Crippen molar-refractivity contribution in [2.24, 2.45) is 5.73 Å². The van der Waals surface area contributed by atoms with E-state index >= 15 is 0 Å². The van der Waals surface area contributed by atoms with Gasteiger partial charge in [0.2, 0.25) is 0 Å². The van der Waals surface area contributed by atoms with Crippen molar-refractivity contribution >= 4 is 17.7 Å². The minimum Gasteiger partial charge on any atom is -0.469 e. The minimum atomic E-state index is -0.652. The second-order valence-corrected chi connectivity index (χ2v) is 4.37. The van der Waals surface area contributed by atoms with Crippen LogP contribution in [0.5, 0.6) is 0 Å². The third-order valence-electron chi connectivity index (χ3n) is 2.07. The molecule has 0 radical (unpaired) electrons. The number of benzene rings is 1. The van der Waals surface area contributed by atoms with Crippen LogP contribution in [-0.4, -0.2) is 18.8 Å². The molecule has 0 saturated heterocycles. The topological polar surface area (TPSA) is 52.3 Å². The number of thioether (sulfide) groups is 1. The number of methoxy groups -OCH3 is 1. The molecule has 0 saturated carbocycles. The Bertz CT molecular complexity index is 389. The van der Waals surface area contributed by atoms with E-state index in [-0.39, 0.29) is 23.6 Å². The van der Waals surface area contributed by atoms with Crippen LogP contribution in [0.4, 0.5) is 8.78 Å². The summed E-state index contributed by atoms with van der Waals surface area (Å²) in [5, 5.41) is 0. The molecule has 1 rings (SSSR count). The summed E-state index contributed by atoms with van der Waals surface area (Å²) in [6.07, 6.45) is 0.110. The van der Waals surface area contributed by atoms with Crippen LogP contribution < -0.4 is 5.73 Å². The lowest BCUT2D eigenvalue weighted by Crippen LogP contribution is -2.03. The van der Waals surface area contributed by atoms with Gasteiger partial charge < -0.3 is 10.5 Å². The number of hydrogen-bond acceptors (Lipinski definition) is 4. The van der Waals surface area contributed by atoms with Gasteiger partial charge in [0.05, 0.1) is 18.4 Å². The lowest BCUT2D eigenvalue weighted by molar-refractivity contribution is -0.140. The van der Waals surface area contributed by atoms with Gasteiger partial charge in [0, 0.05) is 12.3 Å². The number of rotatable bonds is 5. The lowest BCUT2D eigenvalue weighted by Gasteiger charge is -2.06. The Morgan fingerprint density at radius 1 is 1.41 bits per heavy atom. The van der Waals surface area contributed by atoms with Gasteiger partial charge in [-0.15, -0.1) is 11.8 Å². The molecule has 2 N–H and O–H groups in total. The Hall–Kier alpha value is -1.14. The predicted octanol–water partition coefficient (Wildman–Crippen LogP) is 2.08. The zero-order valence-electron chi connectivity index (χ0n) is 9.33. The molecule has 0 aliphatic rings. The number of carbonyl (C=O) groups excluding carboxylic acids is 1. The first-order chi connectivity index (χ1) is 8.08. The largest absolute Gasteiger partial charge is 0.469 e. The van der Waals surface area contributed by atoms with E-state index in [2.05, 4.69) is 4.74 Å². The van der Waals surface area contributed by atoms with Crippen molar-refractivity contribution < 1.29 is 18.3 Å². The highest BCUT2D eigenvalue weighted by Crippen LogP contribution is 2.26. The van der Waals surface area contributed by atoms with Crippen LogP contribution in [0.3, 0.4) is 0 Å². The molecule has 0 fully saturated rings. The average Bonchev–Trinajstić information content (AvgIpc) is 2.31. The van der Waals surface area contributed by atoms with Crippen LogP contribution in [0.1, 0.15) is 12.0 Å². The zero-order chi connectivity index (χ0) is 12.8. The Morgan fingerprint density at radius 3 is 2.47 bits per heavy atom. The zero-order valence-corrected chi connectivity index (χ0v) is 10.2. The number of hydrogen-bond donors (Lipinski definition) is 1. The van der Waals surface area contributed by atoms with Gasteiger partial charge in [0.1, 0.15) is 11.6 Å². The van der Waals surface area contributed by atoms with Gasteiger partial charge >= 0.3 is 5.97 Å². The van der Waals surface area contributed by atoms with Gasteiger partial charge in [-0.3, -0.25) is 4.79 Å². The maximum Gasteiger partial charge on any atom is 0.306 e. The molecular weight excluding hydrogens is 248 g/mol. The van der Waals surface area contributed by atoms with Crippen molar-refractivity contribution in [1.29, 1.82) is 0 Å². The molecule has 0 aliphatic carbocycles. The van der Waals surface area contributed by atoms with Crippen LogP contribution in [0.25, 0.3) is 0 Å².